The van der Waals surface area contributed by atoms with Crippen LogP contribution in [0.3, 0.4) is 0 Å². The van der Waals surface area contributed by atoms with Crippen LogP contribution < -0.4 is 0 Å². The molecule has 0 aliphatic rings. The van der Waals surface area contributed by atoms with Gasteiger partial charge in [-0.3, -0.25) is 0 Å². The lowest BCUT2D eigenvalue weighted by Crippen LogP contribution is -2.10. The van der Waals surface area contributed by atoms with Gasteiger partial charge in [0.05, 0.1) is 5.88 Å². The Morgan fingerprint density at radius 1 is 1.50 bits per heavy atom. The molecule has 0 aromatic carbocycles. The molecule has 80 valence electrons. The van der Waals surface area contributed by atoms with Gasteiger partial charge in [0.25, 0.3) is 0 Å². The average molecular weight is 218 g/mol. The summed E-state index contributed by atoms with van der Waals surface area (Å²) in [4.78, 5) is 0. The third-order valence-electron chi connectivity index (χ3n) is 2.14. The number of ether oxygens (including phenoxy) is 1. The van der Waals surface area contributed by atoms with E-state index in [0.717, 1.165) is 24.6 Å². The number of methoxy groups -OCH3 is 1. The Hall–Kier alpha value is -0.610. The van der Waals surface area contributed by atoms with E-state index in [-0.39, 0.29) is 6.10 Å². The summed E-state index contributed by atoms with van der Waals surface area (Å²) in [5, 5.41) is 8.10. The summed E-state index contributed by atoms with van der Waals surface area (Å²) in [7, 11) is 1.66. The molecule has 1 atom stereocenters. The molecule has 1 aromatic rings. The molecule has 5 heteroatoms. The fraction of sp³-hybridized carbons (Fsp3) is 0.778. The van der Waals surface area contributed by atoms with E-state index in [4.69, 9.17) is 16.3 Å². The molecule has 0 aliphatic carbocycles. The summed E-state index contributed by atoms with van der Waals surface area (Å²) in [5.74, 6) is 2.06. The van der Waals surface area contributed by atoms with Gasteiger partial charge in [-0.2, -0.15) is 0 Å². The maximum absolute atomic E-state index is 5.76. The maximum Gasteiger partial charge on any atom is 0.161 e. The smallest absolute Gasteiger partial charge is 0.161 e. The second kappa shape index (κ2) is 5.32. The van der Waals surface area contributed by atoms with Crippen LogP contribution in [0.2, 0.25) is 0 Å². The molecule has 0 bridgehead atoms. The Bertz CT molecular complexity index is 288. The highest BCUT2D eigenvalue weighted by atomic mass is 35.5. The zero-order valence-electron chi connectivity index (χ0n) is 8.83. The first-order valence-electron chi connectivity index (χ1n) is 4.75. The summed E-state index contributed by atoms with van der Waals surface area (Å²) in [5.41, 5.74) is 0. The van der Waals surface area contributed by atoms with Gasteiger partial charge in [0.1, 0.15) is 11.9 Å². The Morgan fingerprint density at radius 3 is 2.71 bits per heavy atom. The van der Waals surface area contributed by atoms with Crippen LogP contribution in [0, 0.1) is 0 Å². The molecule has 1 rings (SSSR count). The molecule has 0 N–H and O–H groups in total. The van der Waals surface area contributed by atoms with Crippen molar-refractivity contribution in [1.29, 1.82) is 0 Å². The number of alkyl halides is 1. The predicted molar refractivity (Wildman–Crippen MR) is 55.3 cm³/mol. The fourth-order valence-corrected chi connectivity index (χ4v) is 1.52. The highest BCUT2D eigenvalue weighted by Gasteiger charge is 2.15. The van der Waals surface area contributed by atoms with Gasteiger partial charge in [0, 0.05) is 13.7 Å². The van der Waals surface area contributed by atoms with E-state index in [1.54, 1.807) is 7.11 Å². The van der Waals surface area contributed by atoms with E-state index in [1.807, 2.05) is 11.5 Å². The van der Waals surface area contributed by atoms with Crippen molar-refractivity contribution in [2.45, 2.75) is 38.8 Å². The molecule has 1 heterocycles. The van der Waals surface area contributed by atoms with Gasteiger partial charge in [-0.05, 0) is 13.3 Å². The van der Waals surface area contributed by atoms with E-state index in [0.29, 0.717) is 5.88 Å². The first-order valence-corrected chi connectivity index (χ1v) is 5.28. The van der Waals surface area contributed by atoms with Gasteiger partial charge < -0.3 is 9.30 Å². The average Bonchev–Trinajstić information content (AvgIpc) is 2.60. The normalized spacial score (nSPS) is 13.1. The van der Waals surface area contributed by atoms with E-state index in [9.17, 15) is 0 Å². The predicted octanol–water partition coefficient (Wildman–Crippen LogP) is 2.13. The molecular formula is C9H16ClN3O. The van der Waals surface area contributed by atoms with Gasteiger partial charge >= 0.3 is 0 Å². The second-order valence-corrected chi connectivity index (χ2v) is 3.40. The van der Waals surface area contributed by atoms with Gasteiger partial charge in [0.2, 0.25) is 0 Å². The maximum atomic E-state index is 5.76. The molecule has 1 aromatic heterocycles. The molecule has 0 saturated heterocycles. The SMILES string of the molecule is CCCn1c(CCl)nnc1C(C)OC. The quantitative estimate of drug-likeness (QED) is 0.710. The summed E-state index contributed by atoms with van der Waals surface area (Å²) in [6.45, 7) is 4.95. The first-order chi connectivity index (χ1) is 6.74. The summed E-state index contributed by atoms with van der Waals surface area (Å²) in [6.07, 6.45) is 0.997. The highest BCUT2D eigenvalue weighted by Crippen LogP contribution is 2.16. The molecule has 14 heavy (non-hydrogen) atoms. The zero-order chi connectivity index (χ0) is 10.6. The van der Waals surface area contributed by atoms with Crippen LogP contribution in [0.4, 0.5) is 0 Å². The number of aromatic nitrogens is 3. The lowest BCUT2D eigenvalue weighted by molar-refractivity contribution is 0.108. The number of rotatable bonds is 5. The Morgan fingerprint density at radius 2 is 2.21 bits per heavy atom. The molecule has 0 spiro atoms. The topological polar surface area (TPSA) is 39.9 Å². The van der Waals surface area contributed by atoms with Crippen LogP contribution in [-0.4, -0.2) is 21.9 Å². The van der Waals surface area contributed by atoms with Gasteiger partial charge in [-0.25, -0.2) is 0 Å². The van der Waals surface area contributed by atoms with Crippen LogP contribution in [0.25, 0.3) is 0 Å². The van der Waals surface area contributed by atoms with E-state index in [2.05, 4.69) is 17.1 Å². The zero-order valence-corrected chi connectivity index (χ0v) is 9.58. The second-order valence-electron chi connectivity index (χ2n) is 3.14. The monoisotopic (exact) mass is 217 g/mol. The van der Waals surface area contributed by atoms with Crippen LogP contribution >= 0.6 is 11.6 Å². The minimum atomic E-state index is -0.0361. The number of halogens is 1. The number of nitrogens with zero attached hydrogens (tertiary/aromatic N) is 3. The van der Waals surface area contributed by atoms with E-state index < -0.39 is 0 Å². The third-order valence-corrected chi connectivity index (χ3v) is 2.38. The summed E-state index contributed by atoms with van der Waals surface area (Å²) >= 11 is 5.76. The van der Waals surface area contributed by atoms with Crippen molar-refractivity contribution in [3.8, 4) is 0 Å². The van der Waals surface area contributed by atoms with Crippen molar-refractivity contribution in [2.24, 2.45) is 0 Å². The van der Waals surface area contributed by atoms with Gasteiger partial charge in [0.15, 0.2) is 5.82 Å². The van der Waals surface area contributed by atoms with E-state index in [1.165, 1.54) is 0 Å². The Labute approximate surface area is 89.2 Å². The molecule has 0 aliphatic heterocycles. The van der Waals surface area contributed by atoms with Gasteiger partial charge in [-0.15, -0.1) is 21.8 Å². The van der Waals surface area contributed by atoms with E-state index >= 15 is 0 Å². The molecule has 0 radical (unpaired) electrons. The van der Waals surface area contributed by atoms with Crippen molar-refractivity contribution < 1.29 is 4.74 Å². The summed E-state index contributed by atoms with van der Waals surface area (Å²) < 4.78 is 7.24. The third kappa shape index (κ3) is 2.25. The van der Waals surface area contributed by atoms with Crippen LogP contribution in [-0.2, 0) is 17.2 Å². The van der Waals surface area contributed by atoms with Crippen molar-refractivity contribution >= 4 is 11.6 Å². The lowest BCUT2D eigenvalue weighted by atomic mass is 10.3. The molecule has 0 saturated carbocycles. The Balaban J connectivity index is 2.97. The minimum absolute atomic E-state index is 0.0361. The lowest BCUT2D eigenvalue weighted by Gasteiger charge is -2.11. The van der Waals surface area contributed by atoms with Crippen molar-refractivity contribution in [3.63, 3.8) is 0 Å². The molecule has 1 unspecified atom stereocenters. The standard InChI is InChI=1S/C9H16ClN3O/c1-4-5-13-8(6-10)11-12-9(13)7(2)14-3/h7H,4-6H2,1-3H3. The molecule has 4 nitrogen and oxygen atoms in total. The largest absolute Gasteiger partial charge is 0.374 e. The van der Waals surface area contributed by atoms with Crippen LogP contribution in [0.1, 0.15) is 38.0 Å². The Kier molecular flexibility index (Phi) is 4.35. The molecule has 0 fully saturated rings. The fourth-order valence-electron chi connectivity index (χ4n) is 1.32. The van der Waals surface area contributed by atoms with Crippen molar-refractivity contribution in [1.82, 2.24) is 14.8 Å². The van der Waals surface area contributed by atoms with Crippen molar-refractivity contribution in [3.05, 3.63) is 11.6 Å². The van der Waals surface area contributed by atoms with Gasteiger partial charge in [-0.1, -0.05) is 6.92 Å². The van der Waals surface area contributed by atoms with Crippen LogP contribution in [0.15, 0.2) is 0 Å². The van der Waals surface area contributed by atoms with Crippen LogP contribution in [0.5, 0.6) is 0 Å². The summed E-state index contributed by atoms with van der Waals surface area (Å²) in [6, 6.07) is 0. The highest BCUT2D eigenvalue weighted by molar-refractivity contribution is 6.16. The molecular weight excluding hydrogens is 202 g/mol. The molecule has 0 amide bonds. The first kappa shape index (κ1) is 11.5. The minimum Gasteiger partial charge on any atom is -0.374 e. The van der Waals surface area contributed by atoms with Crippen molar-refractivity contribution in [2.75, 3.05) is 7.11 Å². The number of hydrogen-bond acceptors (Lipinski definition) is 3. The number of hydrogen-bond donors (Lipinski definition) is 0.